The smallest absolute Gasteiger partial charge is 0.338 e. The predicted octanol–water partition coefficient (Wildman–Crippen LogP) is 3.36. The van der Waals surface area contributed by atoms with Crippen molar-refractivity contribution in [3.8, 4) is 0 Å². The zero-order chi connectivity index (χ0) is 13.4. The Hall–Kier alpha value is -2.55. The molecule has 2 N–H and O–H groups in total. The van der Waals surface area contributed by atoms with Gasteiger partial charge in [-0.3, -0.25) is 0 Å². The number of ether oxygens (including phenoxy) is 1. The minimum absolute atomic E-state index is 0.346. The quantitative estimate of drug-likeness (QED) is 0.410. The van der Waals surface area contributed by atoms with Gasteiger partial charge in [-0.25, -0.2) is 4.79 Å². The van der Waals surface area contributed by atoms with Crippen molar-refractivity contribution in [2.75, 3.05) is 12.8 Å². The second-order valence-electron chi connectivity index (χ2n) is 4.40. The summed E-state index contributed by atoms with van der Waals surface area (Å²) in [5, 5.41) is 3.81. The molecule has 3 aromatic carbocycles. The highest BCUT2D eigenvalue weighted by atomic mass is 16.5. The highest BCUT2D eigenvalue weighted by molar-refractivity contribution is 6.19. The molecule has 0 aliphatic carbocycles. The van der Waals surface area contributed by atoms with Crippen LogP contribution in [0.4, 0.5) is 5.69 Å². The summed E-state index contributed by atoms with van der Waals surface area (Å²) in [5.41, 5.74) is 7.21. The molecule has 0 saturated carbocycles. The van der Waals surface area contributed by atoms with Gasteiger partial charge in [-0.05, 0) is 22.9 Å². The Balaban J connectivity index is 2.54. The SMILES string of the molecule is COC(=O)c1ccc(N)c2ccc3ccccc3c12. The molecule has 0 unspecified atom stereocenters. The maximum absolute atomic E-state index is 11.9. The summed E-state index contributed by atoms with van der Waals surface area (Å²) < 4.78 is 4.85. The minimum atomic E-state index is -0.346. The van der Waals surface area contributed by atoms with Crippen molar-refractivity contribution in [1.82, 2.24) is 0 Å². The van der Waals surface area contributed by atoms with E-state index >= 15 is 0 Å². The molecule has 0 saturated heterocycles. The summed E-state index contributed by atoms with van der Waals surface area (Å²) in [5.74, 6) is -0.346. The van der Waals surface area contributed by atoms with Crippen LogP contribution >= 0.6 is 0 Å². The molecule has 0 bridgehead atoms. The Labute approximate surface area is 110 Å². The predicted molar refractivity (Wildman–Crippen MR) is 77.2 cm³/mol. The lowest BCUT2D eigenvalue weighted by atomic mass is 9.96. The molecule has 0 fully saturated rings. The summed E-state index contributed by atoms with van der Waals surface area (Å²) in [7, 11) is 1.38. The van der Waals surface area contributed by atoms with E-state index in [-0.39, 0.29) is 5.97 Å². The number of carbonyl (C=O) groups is 1. The number of benzene rings is 3. The first-order chi connectivity index (χ1) is 9.22. The van der Waals surface area contributed by atoms with E-state index in [0.29, 0.717) is 11.3 Å². The van der Waals surface area contributed by atoms with Crippen LogP contribution in [0.3, 0.4) is 0 Å². The van der Waals surface area contributed by atoms with E-state index in [1.54, 1.807) is 12.1 Å². The van der Waals surface area contributed by atoms with Crippen molar-refractivity contribution < 1.29 is 9.53 Å². The van der Waals surface area contributed by atoms with Crippen molar-refractivity contribution in [3.05, 3.63) is 54.1 Å². The Morgan fingerprint density at radius 2 is 1.79 bits per heavy atom. The maximum Gasteiger partial charge on any atom is 0.338 e. The molecule has 94 valence electrons. The summed E-state index contributed by atoms with van der Waals surface area (Å²) in [6.07, 6.45) is 0. The summed E-state index contributed by atoms with van der Waals surface area (Å²) in [4.78, 5) is 11.9. The van der Waals surface area contributed by atoms with Crippen LogP contribution in [0.1, 0.15) is 10.4 Å². The molecular formula is C16H13NO2. The fourth-order valence-electron chi connectivity index (χ4n) is 2.43. The summed E-state index contributed by atoms with van der Waals surface area (Å²) in [6.45, 7) is 0. The van der Waals surface area contributed by atoms with Gasteiger partial charge in [0.1, 0.15) is 0 Å². The molecule has 0 aliphatic heterocycles. The van der Waals surface area contributed by atoms with Gasteiger partial charge in [0.05, 0.1) is 12.7 Å². The van der Waals surface area contributed by atoms with Crippen LogP contribution < -0.4 is 5.73 Å². The molecular weight excluding hydrogens is 238 g/mol. The maximum atomic E-state index is 11.9. The standard InChI is InChI=1S/C16H13NO2/c1-19-16(18)13-8-9-14(17)12-7-6-10-4-2-3-5-11(10)15(12)13/h2-9H,17H2,1H3. The molecule has 0 amide bonds. The number of anilines is 1. The van der Waals surface area contributed by atoms with Crippen molar-refractivity contribution in [3.63, 3.8) is 0 Å². The van der Waals surface area contributed by atoms with Crippen molar-refractivity contribution >= 4 is 33.2 Å². The fourth-order valence-corrected chi connectivity index (χ4v) is 2.43. The Bertz CT molecular complexity index is 793. The van der Waals surface area contributed by atoms with Gasteiger partial charge in [-0.15, -0.1) is 0 Å². The highest BCUT2D eigenvalue weighted by Crippen LogP contribution is 2.32. The molecule has 3 nitrogen and oxygen atoms in total. The molecule has 3 heteroatoms. The van der Waals surface area contributed by atoms with Gasteiger partial charge in [-0.2, -0.15) is 0 Å². The highest BCUT2D eigenvalue weighted by Gasteiger charge is 2.14. The van der Waals surface area contributed by atoms with Crippen LogP contribution in [-0.4, -0.2) is 13.1 Å². The average molecular weight is 251 g/mol. The van der Waals surface area contributed by atoms with Crippen LogP contribution in [-0.2, 0) is 4.74 Å². The van der Waals surface area contributed by atoms with Gasteiger partial charge in [-0.1, -0.05) is 36.4 Å². The van der Waals surface area contributed by atoms with Crippen LogP contribution in [0.5, 0.6) is 0 Å². The summed E-state index contributed by atoms with van der Waals surface area (Å²) in [6, 6.07) is 15.3. The number of carbonyl (C=O) groups excluding carboxylic acids is 1. The van der Waals surface area contributed by atoms with Gasteiger partial charge in [0.25, 0.3) is 0 Å². The van der Waals surface area contributed by atoms with E-state index in [9.17, 15) is 4.79 Å². The first-order valence-electron chi connectivity index (χ1n) is 6.00. The second-order valence-corrected chi connectivity index (χ2v) is 4.40. The van der Waals surface area contributed by atoms with Crippen molar-refractivity contribution in [2.45, 2.75) is 0 Å². The molecule has 0 aliphatic rings. The van der Waals surface area contributed by atoms with Crippen molar-refractivity contribution in [2.24, 2.45) is 0 Å². The monoisotopic (exact) mass is 251 g/mol. The Morgan fingerprint density at radius 3 is 2.58 bits per heavy atom. The van der Waals surface area contributed by atoms with Crippen LogP contribution in [0, 0.1) is 0 Å². The van der Waals surface area contributed by atoms with Crippen molar-refractivity contribution in [1.29, 1.82) is 0 Å². The lowest BCUT2D eigenvalue weighted by molar-refractivity contribution is 0.0603. The van der Waals surface area contributed by atoms with E-state index in [4.69, 9.17) is 10.5 Å². The third-order valence-electron chi connectivity index (χ3n) is 3.34. The lowest BCUT2D eigenvalue weighted by Crippen LogP contribution is -2.03. The molecule has 3 rings (SSSR count). The molecule has 0 radical (unpaired) electrons. The molecule has 19 heavy (non-hydrogen) atoms. The Kier molecular flexibility index (Phi) is 2.60. The zero-order valence-corrected chi connectivity index (χ0v) is 10.5. The van der Waals surface area contributed by atoms with Gasteiger partial charge in [0.15, 0.2) is 0 Å². The molecule has 0 aromatic heterocycles. The van der Waals surface area contributed by atoms with E-state index < -0.39 is 0 Å². The number of nitrogen functional groups attached to an aromatic ring is 1. The lowest BCUT2D eigenvalue weighted by Gasteiger charge is -2.10. The second kappa shape index (κ2) is 4.28. The molecule has 3 aromatic rings. The van der Waals surface area contributed by atoms with Gasteiger partial charge in [0, 0.05) is 16.5 Å². The van der Waals surface area contributed by atoms with Crippen LogP contribution in [0.25, 0.3) is 21.5 Å². The van der Waals surface area contributed by atoms with E-state index in [1.807, 2.05) is 36.4 Å². The largest absolute Gasteiger partial charge is 0.465 e. The number of fused-ring (bicyclic) bond motifs is 3. The van der Waals surface area contributed by atoms with Crippen LogP contribution in [0.2, 0.25) is 0 Å². The van der Waals surface area contributed by atoms with E-state index in [2.05, 4.69) is 0 Å². The minimum Gasteiger partial charge on any atom is -0.465 e. The third kappa shape index (κ3) is 1.71. The summed E-state index contributed by atoms with van der Waals surface area (Å²) >= 11 is 0. The number of nitrogens with two attached hydrogens (primary N) is 1. The molecule has 0 spiro atoms. The number of methoxy groups -OCH3 is 1. The third-order valence-corrected chi connectivity index (χ3v) is 3.34. The van der Waals surface area contributed by atoms with Crippen LogP contribution in [0.15, 0.2) is 48.5 Å². The van der Waals surface area contributed by atoms with Gasteiger partial charge >= 0.3 is 5.97 Å². The average Bonchev–Trinajstić information content (AvgIpc) is 2.46. The number of hydrogen-bond donors (Lipinski definition) is 1. The first-order valence-corrected chi connectivity index (χ1v) is 6.00. The van der Waals surface area contributed by atoms with E-state index in [0.717, 1.165) is 21.5 Å². The zero-order valence-electron chi connectivity index (χ0n) is 10.5. The Morgan fingerprint density at radius 1 is 1.00 bits per heavy atom. The normalized spacial score (nSPS) is 10.8. The topological polar surface area (TPSA) is 52.3 Å². The number of esters is 1. The number of rotatable bonds is 1. The molecule has 0 heterocycles. The van der Waals surface area contributed by atoms with E-state index in [1.165, 1.54) is 7.11 Å². The fraction of sp³-hybridized carbons (Fsp3) is 0.0625. The van der Waals surface area contributed by atoms with Gasteiger partial charge < -0.3 is 10.5 Å². The first kappa shape index (κ1) is 11.5. The molecule has 0 atom stereocenters. The number of hydrogen-bond acceptors (Lipinski definition) is 3. The van der Waals surface area contributed by atoms with Gasteiger partial charge in [0.2, 0.25) is 0 Å².